The van der Waals surface area contributed by atoms with E-state index >= 15 is 0 Å². The van der Waals surface area contributed by atoms with Gasteiger partial charge in [-0.05, 0) is 56.2 Å². The number of aliphatic hydroxyl groups is 1. The van der Waals surface area contributed by atoms with Gasteiger partial charge < -0.3 is 14.7 Å². The zero-order valence-corrected chi connectivity index (χ0v) is 18.1. The number of hydrogen-bond donors (Lipinski definition) is 1. The van der Waals surface area contributed by atoms with Crippen LogP contribution in [-0.2, 0) is 11.2 Å². The van der Waals surface area contributed by atoms with Crippen LogP contribution in [0.25, 0.3) is 0 Å². The monoisotopic (exact) mass is 453 g/mol. The summed E-state index contributed by atoms with van der Waals surface area (Å²) < 4.78 is 6.47. The highest BCUT2D eigenvalue weighted by Gasteiger charge is 2.30. The fourth-order valence-electron chi connectivity index (χ4n) is 2.60. The Morgan fingerprint density at radius 3 is 2.48 bits per heavy atom. The maximum atomic E-state index is 12.6. The van der Waals surface area contributed by atoms with Crippen LogP contribution in [0.15, 0.2) is 53.0 Å². The SMILES string of the molecule is CC(C)(C)N(C[C@H](O)c1cccc(Cl)c1)C(=O)OCCc1ccc(Br)cc1. The second kappa shape index (κ2) is 9.58. The van der Waals surface area contributed by atoms with Crippen LogP contribution < -0.4 is 0 Å². The molecule has 27 heavy (non-hydrogen) atoms. The van der Waals surface area contributed by atoms with E-state index in [0.29, 0.717) is 17.0 Å². The third-order valence-electron chi connectivity index (χ3n) is 4.15. The molecule has 0 bridgehead atoms. The first-order valence-corrected chi connectivity index (χ1v) is 9.96. The third kappa shape index (κ3) is 6.83. The van der Waals surface area contributed by atoms with Crippen molar-refractivity contribution in [2.24, 2.45) is 0 Å². The largest absolute Gasteiger partial charge is 0.449 e. The number of carbonyl (C=O) groups excluding carboxylic acids is 1. The highest BCUT2D eigenvalue weighted by Crippen LogP contribution is 2.23. The smallest absolute Gasteiger partial charge is 0.410 e. The Bertz CT molecular complexity index is 759. The summed E-state index contributed by atoms with van der Waals surface area (Å²) in [7, 11) is 0. The molecule has 0 fully saturated rings. The van der Waals surface area contributed by atoms with Crippen LogP contribution in [0, 0.1) is 0 Å². The van der Waals surface area contributed by atoms with Crippen molar-refractivity contribution in [1.29, 1.82) is 0 Å². The Hall–Kier alpha value is -1.56. The Labute approximate surface area is 174 Å². The standard InChI is InChI=1S/C21H25BrClNO3/c1-21(2,3)24(14-19(25)16-5-4-6-18(23)13-16)20(26)27-12-11-15-7-9-17(22)10-8-15/h4-10,13,19,25H,11-12,14H2,1-3H3/t19-/m0/s1. The summed E-state index contributed by atoms with van der Waals surface area (Å²) in [5, 5.41) is 11.1. The first kappa shape index (κ1) is 21.7. The van der Waals surface area contributed by atoms with Crippen molar-refractivity contribution >= 4 is 33.6 Å². The van der Waals surface area contributed by atoms with E-state index in [1.54, 1.807) is 29.2 Å². The van der Waals surface area contributed by atoms with Crippen LogP contribution in [0.2, 0.25) is 5.02 Å². The number of halogens is 2. The second-order valence-electron chi connectivity index (χ2n) is 7.34. The Kier molecular flexibility index (Phi) is 7.71. The molecule has 4 nitrogen and oxygen atoms in total. The fraction of sp³-hybridized carbons (Fsp3) is 0.381. The van der Waals surface area contributed by atoms with Crippen LogP contribution in [0.4, 0.5) is 4.79 Å². The van der Waals surface area contributed by atoms with Crippen molar-refractivity contribution in [2.75, 3.05) is 13.2 Å². The van der Waals surface area contributed by atoms with Crippen molar-refractivity contribution in [3.05, 3.63) is 69.2 Å². The first-order valence-electron chi connectivity index (χ1n) is 8.79. The number of carbonyl (C=O) groups is 1. The summed E-state index contributed by atoms with van der Waals surface area (Å²) in [6.07, 6.45) is -0.656. The molecule has 0 spiro atoms. The lowest BCUT2D eigenvalue weighted by Crippen LogP contribution is -2.48. The molecule has 6 heteroatoms. The summed E-state index contributed by atoms with van der Waals surface area (Å²) in [4.78, 5) is 14.2. The molecule has 0 aliphatic heterocycles. The maximum absolute atomic E-state index is 12.6. The van der Waals surface area contributed by atoms with Crippen molar-refractivity contribution < 1.29 is 14.6 Å². The van der Waals surface area contributed by atoms with Gasteiger partial charge in [0.2, 0.25) is 0 Å². The van der Waals surface area contributed by atoms with Crippen molar-refractivity contribution in [2.45, 2.75) is 38.8 Å². The number of nitrogens with zero attached hydrogens (tertiary/aromatic N) is 1. The number of hydrogen-bond acceptors (Lipinski definition) is 3. The highest BCUT2D eigenvalue weighted by molar-refractivity contribution is 9.10. The molecule has 0 heterocycles. The van der Waals surface area contributed by atoms with Gasteiger partial charge in [-0.3, -0.25) is 0 Å². The number of β-amino-alcohol motifs (C(OH)–C–C–N with tert-alkyl or cyclic N) is 1. The van der Waals surface area contributed by atoms with Gasteiger partial charge in [-0.1, -0.05) is 51.8 Å². The van der Waals surface area contributed by atoms with E-state index in [-0.39, 0.29) is 13.2 Å². The van der Waals surface area contributed by atoms with Gasteiger partial charge in [-0.2, -0.15) is 0 Å². The Morgan fingerprint density at radius 1 is 1.22 bits per heavy atom. The van der Waals surface area contributed by atoms with Gasteiger partial charge in [0.15, 0.2) is 0 Å². The zero-order chi connectivity index (χ0) is 20.0. The second-order valence-corrected chi connectivity index (χ2v) is 8.70. The lowest BCUT2D eigenvalue weighted by atomic mass is 10.0. The van der Waals surface area contributed by atoms with Crippen molar-refractivity contribution in [3.63, 3.8) is 0 Å². The Balaban J connectivity index is 1.98. The zero-order valence-electron chi connectivity index (χ0n) is 15.8. The van der Waals surface area contributed by atoms with Gasteiger partial charge in [0.25, 0.3) is 0 Å². The van der Waals surface area contributed by atoms with Crippen LogP contribution in [0.1, 0.15) is 38.0 Å². The van der Waals surface area contributed by atoms with Gasteiger partial charge in [0.05, 0.1) is 19.3 Å². The minimum Gasteiger partial charge on any atom is -0.449 e. The lowest BCUT2D eigenvalue weighted by Gasteiger charge is -2.36. The average Bonchev–Trinajstić information content (AvgIpc) is 2.60. The molecule has 0 aliphatic rings. The van der Waals surface area contributed by atoms with Crippen molar-refractivity contribution in [3.8, 4) is 0 Å². The molecule has 0 saturated carbocycles. The molecule has 0 radical (unpaired) electrons. The molecule has 1 amide bonds. The van der Waals surface area contributed by atoms with Gasteiger partial charge in [0, 0.05) is 21.5 Å². The molecule has 1 N–H and O–H groups in total. The summed E-state index contributed by atoms with van der Waals surface area (Å²) in [6, 6.07) is 14.9. The van der Waals surface area contributed by atoms with E-state index in [2.05, 4.69) is 15.9 Å². The molecule has 2 rings (SSSR count). The maximum Gasteiger partial charge on any atom is 0.410 e. The van der Waals surface area contributed by atoms with Gasteiger partial charge in [0.1, 0.15) is 0 Å². The van der Waals surface area contributed by atoms with Gasteiger partial charge in [-0.15, -0.1) is 0 Å². The number of benzene rings is 2. The molecule has 0 aliphatic carbocycles. The quantitative estimate of drug-likeness (QED) is 0.616. The van der Waals surface area contributed by atoms with Crippen molar-refractivity contribution in [1.82, 2.24) is 4.90 Å². The van der Waals surface area contributed by atoms with Crippen LogP contribution in [-0.4, -0.2) is 34.8 Å². The molecule has 2 aromatic carbocycles. The van der Waals surface area contributed by atoms with E-state index in [0.717, 1.165) is 10.0 Å². The molecular formula is C21H25BrClNO3. The van der Waals surface area contributed by atoms with Gasteiger partial charge >= 0.3 is 6.09 Å². The number of aliphatic hydroxyl groups excluding tert-OH is 1. The molecule has 0 saturated heterocycles. The first-order chi connectivity index (χ1) is 12.7. The topological polar surface area (TPSA) is 49.8 Å². The highest BCUT2D eigenvalue weighted by atomic mass is 79.9. The molecule has 0 aromatic heterocycles. The number of rotatable bonds is 6. The summed E-state index contributed by atoms with van der Waals surface area (Å²) >= 11 is 9.40. The number of amides is 1. The molecule has 1 atom stereocenters. The van der Waals surface area contributed by atoms with E-state index in [4.69, 9.17) is 16.3 Å². The van der Waals surface area contributed by atoms with E-state index in [1.807, 2.05) is 45.0 Å². The minimum atomic E-state index is -0.845. The average molecular weight is 455 g/mol. The molecule has 2 aromatic rings. The molecular weight excluding hydrogens is 430 g/mol. The van der Waals surface area contributed by atoms with Gasteiger partial charge in [-0.25, -0.2) is 4.79 Å². The third-order valence-corrected chi connectivity index (χ3v) is 4.91. The van der Waals surface area contributed by atoms with Crippen LogP contribution >= 0.6 is 27.5 Å². The summed E-state index contributed by atoms with van der Waals surface area (Å²) in [6.45, 7) is 6.14. The lowest BCUT2D eigenvalue weighted by molar-refractivity contribution is 0.0368. The predicted molar refractivity (Wildman–Crippen MR) is 112 cm³/mol. The molecule has 0 unspecified atom stereocenters. The molecule has 146 valence electrons. The fourth-order valence-corrected chi connectivity index (χ4v) is 3.06. The summed E-state index contributed by atoms with van der Waals surface area (Å²) in [5.74, 6) is 0. The van der Waals surface area contributed by atoms with Crippen LogP contribution in [0.3, 0.4) is 0 Å². The predicted octanol–water partition coefficient (Wildman–Crippen LogP) is 5.62. The number of ether oxygens (including phenoxy) is 1. The van der Waals surface area contributed by atoms with E-state index in [1.165, 1.54) is 0 Å². The normalized spacial score (nSPS) is 12.5. The Morgan fingerprint density at radius 2 is 1.89 bits per heavy atom. The van der Waals surface area contributed by atoms with E-state index < -0.39 is 17.7 Å². The minimum absolute atomic E-state index is 0.126. The van der Waals surface area contributed by atoms with E-state index in [9.17, 15) is 9.90 Å². The van der Waals surface area contributed by atoms with Crippen LogP contribution in [0.5, 0.6) is 0 Å². The summed E-state index contributed by atoms with van der Waals surface area (Å²) in [5.41, 5.74) is 1.26.